The number of aliphatic hydroxyl groups is 1. The zero-order valence-electron chi connectivity index (χ0n) is 15.3. The lowest BCUT2D eigenvalue weighted by atomic mass is 9.87. The third-order valence-electron chi connectivity index (χ3n) is 5.19. The first-order valence-electron chi connectivity index (χ1n) is 9.34. The van der Waals surface area contributed by atoms with E-state index < -0.39 is 6.10 Å². The molecule has 28 heavy (non-hydrogen) atoms. The summed E-state index contributed by atoms with van der Waals surface area (Å²) in [6.07, 6.45) is 1.74. The standard InChI is InChI=1S/C21H21F2N3OS/c22-17-5-1-14(2-6-17)13-19-24-25-21(28-19)26-11-9-16(10-12-26)20(27)15-3-7-18(23)8-4-15/h1-8,16,20,27H,9-13H2. The third-order valence-corrected chi connectivity index (χ3v) is 6.18. The Morgan fingerprint density at radius 1 is 0.964 bits per heavy atom. The topological polar surface area (TPSA) is 49.2 Å². The summed E-state index contributed by atoms with van der Waals surface area (Å²) in [5.74, 6) is -0.390. The van der Waals surface area contributed by atoms with Crippen molar-refractivity contribution in [3.63, 3.8) is 0 Å². The second kappa shape index (κ2) is 8.32. The normalized spacial score (nSPS) is 16.3. The minimum atomic E-state index is -0.578. The maximum Gasteiger partial charge on any atom is 0.208 e. The Morgan fingerprint density at radius 2 is 1.57 bits per heavy atom. The summed E-state index contributed by atoms with van der Waals surface area (Å²) in [5, 5.41) is 20.9. The van der Waals surface area contributed by atoms with E-state index in [9.17, 15) is 13.9 Å². The second-order valence-electron chi connectivity index (χ2n) is 7.10. The molecule has 0 amide bonds. The molecule has 0 radical (unpaired) electrons. The average molecular weight is 401 g/mol. The van der Waals surface area contributed by atoms with Crippen LogP contribution in [0.25, 0.3) is 0 Å². The Kier molecular flexibility index (Phi) is 5.64. The van der Waals surface area contributed by atoms with E-state index in [1.54, 1.807) is 35.6 Å². The summed E-state index contributed by atoms with van der Waals surface area (Å²) < 4.78 is 26.1. The van der Waals surface area contributed by atoms with E-state index >= 15 is 0 Å². The molecule has 1 atom stereocenters. The van der Waals surface area contributed by atoms with E-state index in [0.717, 1.165) is 47.2 Å². The summed E-state index contributed by atoms with van der Waals surface area (Å²) in [5.41, 5.74) is 1.77. The van der Waals surface area contributed by atoms with Crippen LogP contribution in [0.5, 0.6) is 0 Å². The monoisotopic (exact) mass is 401 g/mol. The first-order chi connectivity index (χ1) is 13.6. The molecular formula is C21H21F2N3OS. The molecule has 1 fully saturated rings. The van der Waals surface area contributed by atoms with Crippen molar-refractivity contribution in [2.24, 2.45) is 5.92 Å². The van der Waals surface area contributed by atoms with Gasteiger partial charge in [0.1, 0.15) is 16.6 Å². The van der Waals surface area contributed by atoms with Gasteiger partial charge >= 0.3 is 0 Å². The van der Waals surface area contributed by atoms with Crippen molar-refractivity contribution in [3.05, 3.63) is 76.3 Å². The van der Waals surface area contributed by atoms with Crippen molar-refractivity contribution in [2.75, 3.05) is 18.0 Å². The second-order valence-corrected chi connectivity index (χ2v) is 8.14. The van der Waals surface area contributed by atoms with Gasteiger partial charge in [0, 0.05) is 19.5 Å². The molecule has 1 aromatic heterocycles. The fourth-order valence-electron chi connectivity index (χ4n) is 3.56. The lowest BCUT2D eigenvalue weighted by Crippen LogP contribution is -2.35. The largest absolute Gasteiger partial charge is 0.388 e. The molecule has 1 saturated heterocycles. The van der Waals surface area contributed by atoms with Gasteiger partial charge in [0.25, 0.3) is 0 Å². The van der Waals surface area contributed by atoms with Crippen LogP contribution in [0, 0.1) is 17.6 Å². The number of rotatable bonds is 5. The van der Waals surface area contributed by atoms with Gasteiger partial charge in [-0.05, 0) is 54.2 Å². The van der Waals surface area contributed by atoms with Crippen molar-refractivity contribution in [3.8, 4) is 0 Å². The quantitative estimate of drug-likeness (QED) is 0.690. The predicted octanol–water partition coefficient (Wildman–Crippen LogP) is 4.36. The van der Waals surface area contributed by atoms with E-state index in [-0.39, 0.29) is 17.6 Å². The Balaban J connectivity index is 1.34. The van der Waals surface area contributed by atoms with Crippen LogP contribution in [-0.2, 0) is 6.42 Å². The van der Waals surface area contributed by atoms with Crippen LogP contribution in [0.4, 0.5) is 13.9 Å². The number of nitrogens with zero attached hydrogens (tertiary/aromatic N) is 3. The molecule has 7 heteroatoms. The number of aliphatic hydroxyl groups excluding tert-OH is 1. The maximum absolute atomic E-state index is 13.1. The summed E-state index contributed by atoms with van der Waals surface area (Å²) in [4.78, 5) is 2.19. The molecule has 3 aromatic rings. The number of benzene rings is 2. The Labute approximate surface area is 166 Å². The zero-order valence-corrected chi connectivity index (χ0v) is 16.1. The van der Waals surface area contributed by atoms with Gasteiger partial charge in [0.2, 0.25) is 5.13 Å². The molecular weight excluding hydrogens is 380 g/mol. The third kappa shape index (κ3) is 4.36. The van der Waals surface area contributed by atoms with Crippen LogP contribution >= 0.6 is 11.3 Å². The number of piperidine rings is 1. The van der Waals surface area contributed by atoms with Crippen molar-refractivity contribution >= 4 is 16.5 Å². The van der Waals surface area contributed by atoms with E-state index in [0.29, 0.717) is 6.42 Å². The zero-order chi connectivity index (χ0) is 19.5. The molecule has 0 spiro atoms. The molecule has 4 nitrogen and oxygen atoms in total. The van der Waals surface area contributed by atoms with Crippen molar-refractivity contribution < 1.29 is 13.9 Å². The van der Waals surface area contributed by atoms with Gasteiger partial charge in [-0.2, -0.15) is 0 Å². The van der Waals surface area contributed by atoms with Gasteiger partial charge < -0.3 is 10.0 Å². The molecule has 2 heterocycles. The first-order valence-corrected chi connectivity index (χ1v) is 10.2. The summed E-state index contributed by atoms with van der Waals surface area (Å²) in [7, 11) is 0. The van der Waals surface area contributed by atoms with Crippen LogP contribution in [0.1, 0.15) is 35.1 Å². The molecule has 0 bridgehead atoms. The van der Waals surface area contributed by atoms with Gasteiger partial charge in [-0.15, -0.1) is 10.2 Å². The molecule has 0 aliphatic carbocycles. The van der Waals surface area contributed by atoms with E-state index in [4.69, 9.17) is 0 Å². The van der Waals surface area contributed by atoms with Crippen molar-refractivity contribution in [1.82, 2.24) is 10.2 Å². The van der Waals surface area contributed by atoms with Gasteiger partial charge in [0.05, 0.1) is 6.10 Å². The van der Waals surface area contributed by atoms with Crippen LogP contribution in [0.3, 0.4) is 0 Å². The minimum absolute atomic E-state index is 0.147. The molecule has 2 aromatic carbocycles. The highest BCUT2D eigenvalue weighted by atomic mass is 32.1. The summed E-state index contributed by atoms with van der Waals surface area (Å²) in [6.45, 7) is 1.60. The molecule has 0 saturated carbocycles. The van der Waals surface area contributed by atoms with Gasteiger partial charge in [-0.25, -0.2) is 8.78 Å². The highest BCUT2D eigenvalue weighted by Crippen LogP contribution is 2.33. The van der Waals surface area contributed by atoms with E-state index in [2.05, 4.69) is 15.1 Å². The van der Waals surface area contributed by atoms with Crippen LogP contribution in [0.15, 0.2) is 48.5 Å². The SMILES string of the molecule is OC(c1ccc(F)cc1)C1CCN(c2nnc(Cc3ccc(F)cc3)s2)CC1. The summed E-state index contributed by atoms with van der Waals surface area (Å²) >= 11 is 1.55. The highest BCUT2D eigenvalue weighted by molar-refractivity contribution is 7.15. The average Bonchev–Trinajstić information content (AvgIpc) is 3.18. The number of hydrogen-bond acceptors (Lipinski definition) is 5. The Bertz CT molecular complexity index is 906. The molecule has 1 N–H and O–H groups in total. The van der Waals surface area contributed by atoms with E-state index in [1.807, 2.05) is 0 Å². The lowest BCUT2D eigenvalue weighted by molar-refractivity contribution is 0.0929. The number of halogens is 2. The van der Waals surface area contributed by atoms with E-state index in [1.165, 1.54) is 24.3 Å². The number of hydrogen-bond donors (Lipinski definition) is 1. The molecule has 146 valence electrons. The molecule has 1 aliphatic rings. The molecule has 1 unspecified atom stereocenters. The van der Waals surface area contributed by atoms with Crippen LogP contribution in [0.2, 0.25) is 0 Å². The Hall–Kier alpha value is -2.38. The lowest BCUT2D eigenvalue weighted by Gasteiger charge is -2.34. The Morgan fingerprint density at radius 3 is 2.21 bits per heavy atom. The first kappa shape index (κ1) is 19.0. The molecule has 4 rings (SSSR count). The van der Waals surface area contributed by atoms with Crippen LogP contribution in [-0.4, -0.2) is 28.4 Å². The fourth-order valence-corrected chi connectivity index (χ4v) is 4.48. The molecule has 1 aliphatic heterocycles. The van der Waals surface area contributed by atoms with Crippen molar-refractivity contribution in [1.29, 1.82) is 0 Å². The van der Waals surface area contributed by atoms with Crippen LogP contribution < -0.4 is 4.90 Å². The minimum Gasteiger partial charge on any atom is -0.388 e. The summed E-state index contributed by atoms with van der Waals surface area (Å²) in [6, 6.07) is 12.5. The maximum atomic E-state index is 13.1. The van der Waals surface area contributed by atoms with Gasteiger partial charge in [-0.1, -0.05) is 35.6 Å². The fraction of sp³-hybridized carbons (Fsp3) is 0.333. The predicted molar refractivity (Wildman–Crippen MR) is 105 cm³/mol. The number of anilines is 1. The van der Waals surface area contributed by atoms with Gasteiger partial charge in [-0.3, -0.25) is 0 Å². The van der Waals surface area contributed by atoms with Gasteiger partial charge in [0.15, 0.2) is 0 Å². The number of aromatic nitrogens is 2. The highest BCUT2D eigenvalue weighted by Gasteiger charge is 2.27. The van der Waals surface area contributed by atoms with Crippen molar-refractivity contribution in [2.45, 2.75) is 25.4 Å². The smallest absolute Gasteiger partial charge is 0.208 e.